The summed E-state index contributed by atoms with van der Waals surface area (Å²) in [6.45, 7) is 0.216. The van der Waals surface area contributed by atoms with Gasteiger partial charge in [0.1, 0.15) is 17.1 Å². The molecule has 0 saturated carbocycles. The molecule has 142 valence electrons. The first-order valence-corrected chi connectivity index (χ1v) is 8.27. The highest BCUT2D eigenvalue weighted by molar-refractivity contribution is 6.00. The van der Waals surface area contributed by atoms with Crippen LogP contribution in [-0.2, 0) is 11.3 Å². The molecular formula is C17H16N8O3. The Morgan fingerprint density at radius 3 is 3.04 bits per heavy atom. The minimum atomic E-state index is -0.409. The molecule has 11 heteroatoms. The Morgan fingerprint density at radius 1 is 1.36 bits per heavy atom. The number of ether oxygens (including phenoxy) is 1. The predicted octanol–water partition coefficient (Wildman–Crippen LogP) is -0.431. The van der Waals surface area contributed by atoms with Crippen molar-refractivity contribution < 1.29 is 14.3 Å². The second-order valence-electron chi connectivity index (χ2n) is 5.99. The van der Waals surface area contributed by atoms with Gasteiger partial charge in [-0.05, 0) is 23.8 Å². The van der Waals surface area contributed by atoms with Crippen molar-refractivity contribution in [2.75, 3.05) is 11.9 Å². The Kier molecular flexibility index (Phi) is 4.24. The number of anilines is 1. The highest BCUT2D eigenvalue weighted by atomic mass is 16.5. The van der Waals surface area contributed by atoms with E-state index in [1.54, 1.807) is 24.3 Å². The lowest BCUT2D eigenvalue weighted by molar-refractivity contribution is -0.118. The van der Waals surface area contributed by atoms with E-state index in [0.29, 0.717) is 22.8 Å². The molecule has 0 spiro atoms. The first-order chi connectivity index (χ1) is 13.5. The zero-order chi connectivity index (χ0) is 19.7. The van der Waals surface area contributed by atoms with Crippen LogP contribution in [0.4, 0.5) is 5.69 Å². The molecule has 0 fully saturated rings. The largest absolute Gasteiger partial charge is 0.482 e. The minimum Gasteiger partial charge on any atom is -0.482 e. The molecule has 1 aliphatic heterocycles. The number of carbonyl (C=O) groups is 2. The number of hydrogen-bond donors (Lipinski definition) is 4. The van der Waals surface area contributed by atoms with E-state index in [9.17, 15) is 9.59 Å². The van der Waals surface area contributed by atoms with Crippen molar-refractivity contribution in [1.82, 2.24) is 19.9 Å². The summed E-state index contributed by atoms with van der Waals surface area (Å²) in [5.74, 6) is 5.23. The van der Waals surface area contributed by atoms with Crippen molar-refractivity contribution >= 4 is 29.0 Å². The molecule has 3 aromatic rings. The SMILES string of the molecule is N/N=C(\N)c1cc(C(=O)NCc2ccc3c(c2)NC(=O)CO3)nc2ccnn12. The number of rotatable bonds is 4. The van der Waals surface area contributed by atoms with Crippen LogP contribution in [0.1, 0.15) is 21.7 Å². The molecule has 0 bridgehead atoms. The molecule has 0 atom stereocenters. The molecule has 28 heavy (non-hydrogen) atoms. The molecule has 1 aromatic carbocycles. The average Bonchev–Trinajstić information content (AvgIpc) is 3.19. The molecule has 0 radical (unpaired) electrons. The summed E-state index contributed by atoms with van der Waals surface area (Å²) in [6, 6.07) is 8.38. The number of benzene rings is 1. The number of hydrazone groups is 1. The van der Waals surface area contributed by atoms with Gasteiger partial charge in [0.05, 0.1) is 11.9 Å². The normalized spacial score (nSPS) is 13.6. The molecule has 2 amide bonds. The monoisotopic (exact) mass is 380 g/mol. The van der Waals surface area contributed by atoms with E-state index < -0.39 is 5.91 Å². The third kappa shape index (κ3) is 3.16. The molecule has 1 aliphatic rings. The smallest absolute Gasteiger partial charge is 0.270 e. The molecule has 2 aromatic heterocycles. The van der Waals surface area contributed by atoms with Crippen LogP contribution in [-0.4, -0.2) is 38.9 Å². The lowest BCUT2D eigenvalue weighted by Gasteiger charge is -2.18. The number of nitrogens with two attached hydrogens (primary N) is 2. The topological polar surface area (TPSA) is 162 Å². The van der Waals surface area contributed by atoms with Crippen LogP contribution >= 0.6 is 0 Å². The molecule has 0 aliphatic carbocycles. The second-order valence-corrected chi connectivity index (χ2v) is 5.99. The van der Waals surface area contributed by atoms with E-state index in [-0.39, 0.29) is 30.6 Å². The molecule has 11 nitrogen and oxygen atoms in total. The van der Waals surface area contributed by atoms with Crippen LogP contribution in [0, 0.1) is 0 Å². The Balaban J connectivity index is 1.54. The van der Waals surface area contributed by atoms with Crippen molar-refractivity contribution in [2.24, 2.45) is 16.7 Å². The van der Waals surface area contributed by atoms with Gasteiger partial charge < -0.3 is 26.9 Å². The Morgan fingerprint density at radius 2 is 2.21 bits per heavy atom. The third-order valence-corrected chi connectivity index (χ3v) is 4.12. The Hall–Kier alpha value is -4.15. The Labute approximate surface area is 158 Å². The van der Waals surface area contributed by atoms with Gasteiger partial charge in [0.25, 0.3) is 11.8 Å². The van der Waals surface area contributed by atoms with Gasteiger partial charge in [0.15, 0.2) is 18.1 Å². The minimum absolute atomic E-state index is 0.0105. The zero-order valence-corrected chi connectivity index (χ0v) is 14.5. The van der Waals surface area contributed by atoms with Crippen LogP contribution in [0.15, 0.2) is 41.6 Å². The summed E-state index contributed by atoms with van der Waals surface area (Å²) in [5.41, 5.74) is 8.07. The van der Waals surface area contributed by atoms with Gasteiger partial charge in [-0.3, -0.25) is 9.59 Å². The summed E-state index contributed by atoms with van der Waals surface area (Å²) >= 11 is 0. The lowest BCUT2D eigenvalue weighted by atomic mass is 10.1. The fraction of sp³-hybridized carbons (Fsp3) is 0.118. The van der Waals surface area contributed by atoms with Gasteiger partial charge in [0, 0.05) is 12.6 Å². The van der Waals surface area contributed by atoms with Gasteiger partial charge in [-0.1, -0.05) is 6.07 Å². The van der Waals surface area contributed by atoms with Crippen LogP contribution in [0.3, 0.4) is 0 Å². The van der Waals surface area contributed by atoms with Gasteiger partial charge in [-0.25, -0.2) is 9.50 Å². The summed E-state index contributed by atoms with van der Waals surface area (Å²) < 4.78 is 6.75. The quantitative estimate of drug-likeness (QED) is 0.206. The summed E-state index contributed by atoms with van der Waals surface area (Å²) in [5, 5.41) is 13.0. The van der Waals surface area contributed by atoms with Gasteiger partial charge in [0.2, 0.25) is 0 Å². The van der Waals surface area contributed by atoms with E-state index in [0.717, 1.165) is 5.56 Å². The number of nitrogens with one attached hydrogen (secondary N) is 2. The molecule has 3 heterocycles. The number of aromatic nitrogens is 3. The summed E-state index contributed by atoms with van der Waals surface area (Å²) in [4.78, 5) is 28.3. The molecule has 4 rings (SSSR count). The van der Waals surface area contributed by atoms with E-state index in [2.05, 4.69) is 25.8 Å². The Bertz CT molecular complexity index is 1120. The van der Waals surface area contributed by atoms with Crippen LogP contribution in [0.2, 0.25) is 0 Å². The van der Waals surface area contributed by atoms with Crippen molar-refractivity contribution in [3.63, 3.8) is 0 Å². The highest BCUT2D eigenvalue weighted by Gasteiger charge is 2.17. The van der Waals surface area contributed by atoms with Gasteiger partial charge >= 0.3 is 0 Å². The maximum atomic E-state index is 12.6. The number of fused-ring (bicyclic) bond motifs is 2. The third-order valence-electron chi connectivity index (χ3n) is 4.12. The highest BCUT2D eigenvalue weighted by Crippen LogP contribution is 2.28. The molecule has 0 saturated heterocycles. The lowest BCUT2D eigenvalue weighted by Crippen LogP contribution is -2.27. The number of carbonyl (C=O) groups excluding carboxylic acids is 2. The van der Waals surface area contributed by atoms with Gasteiger partial charge in [-0.15, -0.1) is 0 Å². The van der Waals surface area contributed by atoms with Gasteiger partial charge in [-0.2, -0.15) is 10.2 Å². The number of hydrogen-bond acceptors (Lipinski definition) is 7. The van der Waals surface area contributed by atoms with E-state index >= 15 is 0 Å². The fourth-order valence-electron chi connectivity index (χ4n) is 2.79. The van der Waals surface area contributed by atoms with Crippen molar-refractivity contribution in [3.05, 3.63) is 53.5 Å². The number of amidine groups is 1. The molecule has 6 N–H and O–H groups in total. The maximum absolute atomic E-state index is 12.6. The number of nitrogens with zero attached hydrogens (tertiary/aromatic N) is 4. The van der Waals surface area contributed by atoms with E-state index in [4.69, 9.17) is 16.3 Å². The summed E-state index contributed by atoms with van der Waals surface area (Å²) in [6.07, 6.45) is 1.53. The second kappa shape index (κ2) is 6.87. The first-order valence-electron chi connectivity index (χ1n) is 8.27. The maximum Gasteiger partial charge on any atom is 0.270 e. The average molecular weight is 380 g/mol. The molecule has 0 unspecified atom stereocenters. The van der Waals surface area contributed by atoms with Crippen LogP contribution in [0.25, 0.3) is 5.65 Å². The number of amides is 2. The van der Waals surface area contributed by atoms with Crippen LogP contribution in [0.5, 0.6) is 5.75 Å². The standard InChI is InChI=1S/C17H16N8O3/c18-16(24-19)12-6-11(22-14-3-4-21-25(12)14)17(27)20-7-9-1-2-13-10(5-9)23-15(26)8-28-13/h1-6H,7-8,19H2,(H2,18,24)(H,20,27)(H,23,26). The van der Waals surface area contributed by atoms with Crippen molar-refractivity contribution in [2.45, 2.75) is 6.54 Å². The zero-order valence-electron chi connectivity index (χ0n) is 14.5. The van der Waals surface area contributed by atoms with E-state index in [1.165, 1.54) is 16.8 Å². The predicted molar refractivity (Wildman–Crippen MR) is 99.6 cm³/mol. The summed E-state index contributed by atoms with van der Waals surface area (Å²) in [7, 11) is 0. The molecular weight excluding hydrogens is 364 g/mol. The fourth-order valence-corrected chi connectivity index (χ4v) is 2.79. The van der Waals surface area contributed by atoms with Crippen LogP contribution < -0.4 is 26.9 Å². The first kappa shape index (κ1) is 17.3. The van der Waals surface area contributed by atoms with Crippen molar-refractivity contribution in [1.29, 1.82) is 0 Å². The van der Waals surface area contributed by atoms with E-state index in [1.807, 2.05) is 0 Å². The van der Waals surface area contributed by atoms with Crippen molar-refractivity contribution in [3.8, 4) is 5.75 Å².